The number of nitrogens with one attached hydrogen (secondary N) is 1. The zero-order valence-electron chi connectivity index (χ0n) is 12.5. The third-order valence-corrected chi connectivity index (χ3v) is 3.35. The number of methoxy groups -OCH3 is 3. The van der Waals surface area contributed by atoms with Crippen LogP contribution in [-0.2, 0) is 0 Å². The molecule has 1 N–H and O–H groups in total. The van der Waals surface area contributed by atoms with Crippen LogP contribution in [0.5, 0.6) is 17.2 Å². The molecule has 2 aromatic rings. The van der Waals surface area contributed by atoms with Gasteiger partial charge in [-0.05, 0) is 24.3 Å². The van der Waals surface area contributed by atoms with Gasteiger partial charge in [-0.1, -0.05) is 17.7 Å². The second-order valence-corrected chi connectivity index (χ2v) is 4.78. The van der Waals surface area contributed by atoms with Crippen LogP contribution >= 0.6 is 11.6 Å². The molecule has 0 saturated carbocycles. The highest BCUT2D eigenvalue weighted by molar-refractivity contribution is 6.32. The minimum atomic E-state index is -0.293. The Morgan fingerprint density at radius 2 is 1.73 bits per heavy atom. The summed E-state index contributed by atoms with van der Waals surface area (Å²) in [4.78, 5) is 12.3. The molecule has 0 unspecified atom stereocenters. The van der Waals surface area contributed by atoms with E-state index in [0.29, 0.717) is 33.5 Å². The fourth-order valence-corrected chi connectivity index (χ4v) is 2.16. The Labute approximate surface area is 133 Å². The van der Waals surface area contributed by atoms with Crippen molar-refractivity contribution in [2.75, 3.05) is 26.6 Å². The Morgan fingerprint density at radius 3 is 2.36 bits per heavy atom. The average molecular weight is 322 g/mol. The summed E-state index contributed by atoms with van der Waals surface area (Å²) in [5, 5.41) is 3.14. The lowest BCUT2D eigenvalue weighted by molar-refractivity contribution is 0.102. The number of hydrogen-bond donors (Lipinski definition) is 1. The number of ether oxygens (including phenoxy) is 3. The van der Waals surface area contributed by atoms with E-state index in [0.717, 1.165) is 0 Å². The number of benzene rings is 2. The largest absolute Gasteiger partial charge is 0.497 e. The van der Waals surface area contributed by atoms with Gasteiger partial charge in [0.15, 0.2) is 0 Å². The highest BCUT2D eigenvalue weighted by Crippen LogP contribution is 2.36. The smallest absolute Gasteiger partial charge is 0.255 e. The van der Waals surface area contributed by atoms with Crippen molar-refractivity contribution in [2.24, 2.45) is 0 Å². The van der Waals surface area contributed by atoms with Crippen molar-refractivity contribution in [3.63, 3.8) is 0 Å². The molecule has 0 heterocycles. The minimum absolute atomic E-state index is 0.293. The average Bonchev–Trinajstić information content (AvgIpc) is 2.55. The van der Waals surface area contributed by atoms with Gasteiger partial charge in [-0.2, -0.15) is 0 Å². The standard InChI is InChI=1S/C16H16ClNO4/c1-20-11-6-4-5-10(7-11)16(19)18-13-8-12(17)14(21-2)9-15(13)22-3/h4-9H,1-3H3,(H,18,19). The van der Waals surface area contributed by atoms with Gasteiger partial charge in [-0.3, -0.25) is 4.79 Å². The Kier molecular flexibility index (Phi) is 5.12. The lowest BCUT2D eigenvalue weighted by atomic mass is 10.2. The van der Waals surface area contributed by atoms with Crippen LogP contribution in [0.3, 0.4) is 0 Å². The van der Waals surface area contributed by atoms with Gasteiger partial charge in [0.1, 0.15) is 17.2 Å². The summed E-state index contributed by atoms with van der Waals surface area (Å²) in [6, 6.07) is 10.0. The fraction of sp³-hybridized carbons (Fsp3) is 0.188. The normalized spacial score (nSPS) is 10.0. The van der Waals surface area contributed by atoms with Crippen LogP contribution in [-0.4, -0.2) is 27.2 Å². The van der Waals surface area contributed by atoms with Gasteiger partial charge in [0.05, 0.1) is 32.0 Å². The Balaban J connectivity index is 2.29. The third-order valence-electron chi connectivity index (χ3n) is 3.05. The van der Waals surface area contributed by atoms with E-state index in [1.807, 2.05) is 0 Å². The van der Waals surface area contributed by atoms with Gasteiger partial charge in [-0.15, -0.1) is 0 Å². The number of amides is 1. The second-order valence-electron chi connectivity index (χ2n) is 4.37. The molecule has 22 heavy (non-hydrogen) atoms. The molecule has 0 aliphatic carbocycles. The maximum absolute atomic E-state index is 12.3. The second kappa shape index (κ2) is 7.04. The molecule has 0 aromatic heterocycles. The molecule has 0 aliphatic rings. The van der Waals surface area contributed by atoms with E-state index in [4.69, 9.17) is 25.8 Å². The first-order valence-electron chi connectivity index (χ1n) is 6.46. The van der Waals surface area contributed by atoms with E-state index in [2.05, 4.69) is 5.32 Å². The summed E-state index contributed by atoms with van der Waals surface area (Å²) in [7, 11) is 4.56. The monoisotopic (exact) mass is 321 g/mol. The van der Waals surface area contributed by atoms with Gasteiger partial charge < -0.3 is 19.5 Å². The molecule has 0 atom stereocenters. The van der Waals surface area contributed by atoms with Crippen LogP contribution in [0.15, 0.2) is 36.4 Å². The van der Waals surface area contributed by atoms with Crippen LogP contribution in [0.25, 0.3) is 0 Å². The maximum atomic E-state index is 12.3. The van der Waals surface area contributed by atoms with Crippen LogP contribution in [0.2, 0.25) is 5.02 Å². The number of carbonyl (C=O) groups excluding carboxylic acids is 1. The molecule has 0 saturated heterocycles. The Morgan fingerprint density at radius 1 is 1.00 bits per heavy atom. The zero-order valence-corrected chi connectivity index (χ0v) is 13.2. The predicted molar refractivity (Wildman–Crippen MR) is 85.5 cm³/mol. The Bertz CT molecular complexity index is 688. The van der Waals surface area contributed by atoms with Crippen LogP contribution in [0.1, 0.15) is 10.4 Å². The third kappa shape index (κ3) is 3.43. The molecule has 5 nitrogen and oxygen atoms in total. The van der Waals surface area contributed by atoms with E-state index in [-0.39, 0.29) is 5.91 Å². The molecule has 6 heteroatoms. The van der Waals surface area contributed by atoms with E-state index in [9.17, 15) is 4.79 Å². The first-order valence-corrected chi connectivity index (χ1v) is 6.83. The van der Waals surface area contributed by atoms with E-state index in [1.54, 1.807) is 43.5 Å². The molecular formula is C16H16ClNO4. The van der Waals surface area contributed by atoms with Gasteiger partial charge in [0, 0.05) is 11.6 Å². The molecule has 0 aliphatic heterocycles. The van der Waals surface area contributed by atoms with Crippen LogP contribution in [0, 0.1) is 0 Å². The fourth-order valence-electron chi connectivity index (χ4n) is 1.92. The predicted octanol–water partition coefficient (Wildman–Crippen LogP) is 3.62. The van der Waals surface area contributed by atoms with Gasteiger partial charge in [0.25, 0.3) is 5.91 Å². The van der Waals surface area contributed by atoms with Crippen molar-refractivity contribution in [3.05, 3.63) is 47.0 Å². The molecule has 2 aromatic carbocycles. The lowest BCUT2D eigenvalue weighted by Gasteiger charge is -2.13. The molecule has 1 amide bonds. The van der Waals surface area contributed by atoms with Crippen molar-refractivity contribution in [3.8, 4) is 17.2 Å². The summed E-state index contributed by atoms with van der Waals surface area (Å²) in [5.74, 6) is 1.24. The van der Waals surface area contributed by atoms with Crippen LogP contribution < -0.4 is 19.5 Å². The van der Waals surface area contributed by atoms with E-state index < -0.39 is 0 Å². The zero-order chi connectivity index (χ0) is 16.1. The number of carbonyl (C=O) groups is 1. The van der Waals surface area contributed by atoms with Gasteiger partial charge in [0.2, 0.25) is 0 Å². The highest BCUT2D eigenvalue weighted by atomic mass is 35.5. The van der Waals surface area contributed by atoms with Gasteiger partial charge >= 0.3 is 0 Å². The number of halogens is 1. The molecule has 0 bridgehead atoms. The van der Waals surface area contributed by atoms with Crippen molar-refractivity contribution in [1.29, 1.82) is 0 Å². The minimum Gasteiger partial charge on any atom is -0.497 e. The molecule has 0 fully saturated rings. The SMILES string of the molecule is COc1cccc(C(=O)Nc2cc(Cl)c(OC)cc2OC)c1. The molecule has 0 radical (unpaired) electrons. The quantitative estimate of drug-likeness (QED) is 0.914. The van der Waals surface area contributed by atoms with Crippen molar-refractivity contribution < 1.29 is 19.0 Å². The van der Waals surface area contributed by atoms with E-state index >= 15 is 0 Å². The molecule has 116 valence electrons. The van der Waals surface area contributed by atoms with Crippen molar-refractivity contribution >= 4 is 23.2 Å². The molecule has 2 rings (SSSR count). The van der Waals surface area contributed by atoms with Crippen molar-refractivity contribution in [2.45, 2.75) is 0 Å². The maximum Gasteiger partial charge on any atom is 0.255 e. The van der Waals surface area contributed by atoms with E-state index in [1.165, 1.54) is 14.2 Å². The van der Waals surface area contributed by atoms with Crippen LogP contribution in [0.4, 0.5) is 5.69 Å². The summed E-state index contributed by atoms with van der Waals surface area (Å²) in [6.45, 7) is 0. The number of hydrogen-bond acceptors (Lipinski definition) is 4. The lowest BCUT2D eigenvalue weighted by Crippen LogP contribution is -2.12. The summed E-state index contributed by atoms with van der Waals surface area (Å²) in [5.41, 5.74) is 0.925. The summed E-state index contributed by atoms with van der Waals surface area (Å²) in [6.07, 6.45) is 0. The Hall–Kier alpha value is -2.40. The summed E-state index contributed by atoms with van der Waals surface area (Å²) >= 11 is 6.08. The van der Waals surface area contributed by atoms with Gasteiger partial charge in [-0.25, -0.2) is 0 Å². The first-order chi connectivity index (χ1) is 10.6. The molecule has 0 spiro atoms. The summed E-state index contributed by atoms with van der Waals surface area (Å²) < 4.78 is 15.5. The topological polar surface area (TPSA) is 56.8 Å². The van der Waals surface area contributed by atoms with Crippen molar-refractivity contribution in [1.82, 2.24) is 0 Å². The molecular weight excluding hydrogens is 306 g/mol. The highest BCUT2D eigenvalue weighted by Gasteiger charge is 2.14. The number of rotatable bonds is 5. The number of anilines is 1. The first kappa shape index (κ1) is 16.0.